The monoisotopic (exact) mass is 218 g/mol. The largest absolute Gasteiger partial charge is 0.382 e. The molecule has 0 aliphatic heterocycles. The number of rotatable bonds is 0. The molecule has 1 saturated carbocycles. The van der Waals surface area contributed by atoms with Crippen LogP contribution in [0.5, 0.6) is 0 Å². The molecule has 4 atom stereocenters. The molecular weight excluding hydrogens is 200 g/mol. The Morgan fingerprint density at radius 1 is 1.56 bits per heavy atom. The fraction of sp³-hybridized carbons (Fsp3) is 0.643. The van der Waals surface area contributed by atoms with E-state index in [4.69, 9.17) is 6.42 Å². The van der Waals surface area contributed by atoms with E-state index in [0.29, 0.717) is 0 Å². The van der Waals surface area contributed by atoms with Crippen LogP contribution in [0.2, 0.25) is 0 Å². The highest BCUT2D eigenvalue weighted by Crippen LogP contribution is 2.51. The topological polar surface area (TPSA) is 37.3 Å². The van der Waals surface area contributed by atoms with Crippen LogP contribution in [0.4, 0.5) is 0 Å². The Hall–Kier alpha value is -1.07. The number of carbonyl (C=O) groups is 1. The molecule has 0 aromatic carbocycles. The van der Waals surface area contributed by atoms with E-state index >= 15 is 0 Å². The van der Waals surface area contributed by atoms with E-state index in [1.165, 1.54) is 6.08 Å². The molecule has 86 valence electrons. The Balaban J connectivity index is 2.38. The number of carbonyl (C=O) groups excluding carboxylic acids is 1. The molecule has 0 bridgehead atoms. The average Bonchev–Trinajstić information content (AvgIpc) is 2.25. The van der Waals surface area contributed by atoms with Crippen molar-refractivity contribution in [3.63, 3.8) is 0 Å². The van der Waals surface area contributed by atoms with Crippen LogP contribution in [0.15, 0.2) is 12.2 Å². The van der Waals surface area contributed by atoms with E-state index in [1.54, 1.807) is 6.92 Å². The van der Waals surface area contributed by atoms with E-state index in [1.807, 2.05) is 6.08 Å². The minimum absolute atomic E-state index is 0.0488. The highest BCUT2D eigenvalue weighted by atomic mass is 16.3. The third-order valence-electron chi connectivity index (χ3n) is 4.38. The smallest absolute Gasteiger partial charge is 0.186 e. The molecule has 16 heavy (non-hydrogen) atoms. The first kappa shape index (κ1) is 11.4. The molecule has 1 N–H and O–H groups in total. The lowest BCUT2D eigenvalue weighted by atomic mass is 9.56. The van der Waals surface area contributed by atoms with Crippen molar-refractivity contribution in [2.75, 3.05) is 0 Å². The Morgan fingerprint density at radius 2 is 2.25 bits per heavy atom. The van der Waals surface area contributed by atoms with Gasteiger partial charge in [-0.3, -0.25) is 4.79 Å². The van der Waals surface area contributed by atoms with Crippen molar-refractivity contribution >= 4 is 5.78 Å². The number of fused-ring (bicyclic) bond motifs is 1. The van der Waals surface area contributed by atoms with Crippen LogP contribution >= 0.6 is 0 Å². The summed E-state index contributed by atoms with van der Waals surface area (Å²) in [4.78, 5) is 11.7. The molecule has 0 amide bonds. The van der Waals surface area contributed by atoms with Gasteiger partial charge >= 0.3 is 0 Å². The summed E-state index contributed by atoms with van der Waals surface area (Å²) in [5.41, 5.74) is -1.33. The zero-order valence-corrected chi connectivity index (χ0v) is 9.86. The van der Waals surface area contributed by atoms with Crippen molar-refractivity contribution in [2.24, 2.45) is 17.3 Å². The van der Waals surface area contributed by atoms with Gasteiger partial charge < -0.3 is 5.11 Å². The first-order valence-corrected chi connectivity index (χ1v) is 5.82. The number of aliphatic hydroxyl groups is 1. The van der Waals surface area contributed by atoms with Gasteiger partial charge in [0, 0.05) is 11.8 Å². The fourth-order valence-electron chi connectivity index (χ4n) is 3.16. The van der Waals surface area contributed by atoms with Crippen LogP contribution in [-0.4, -0.2) is 16.5 Å². The van der Waals surface area contributed by atoms with E-state index in [2.05, 4.69) is 12.8 Å². The number of hydrogen-bond donors (Lipinski definition) is 1. The second-order valence-electron chi connectivity index (χ2n) is 5.54. The molecule has 4 unspecified atom stereocenters. The summed E-state index contributed by atoms with van der Waals surface area (Å²) in [6.07, 6.45) is 11.6. The summed E-state index contributed by atoms with van der Waals surface area (Å²) >= 11 is 0. The van der Waals surface area contributed by atoms with Crippen molar-refractivity contribution < 1.29 is 9.90 Å². The van der Waals surface area contributed by atoms with Crippen molar-refractivity contribution in [1.29, 1.82) is 0 Å². The second-order valence-corrected chi connectivity index (χ2v) is 5.54. The van der Waals surface area contributed by atoms with Gasteiger partial charge in [-0.05, 0) is 37.7 Å². The molecule has 2 aliphatic rings. The maximum atomic E-state index is 11.7. The van der Waals surface area contributed by atoms with E-state index in [0.717, 1.165) is 19.3 Å². The third kappa shape index (κ3) is 1.51. The molecule has 0 aromatic rings. The molecule has 0 aromatic heterocycles. The van der Waals surface area contributed by atoms with Crippen molar-refractivity contribution in [3.05, 3.63) is 12.2 Å². The van der Waals surface area contributed by atoms with Crippen LogP contribution in [0.25, 0.3) is 0 Å². The predicted octanol–water partition coefficient (Wildman–Crippen LogP) is 1.93. The van der Waals surface area contributed by atoms with Crippen LogP contribution in [-0.2, 0) is 4.79 Å². The predicted molar refractivity (Wildman–Crippen MR) is 62.5 cm³/mol. The Morgan fingerprint density at radius 3 is 2.88 bits per heavy atom. The zero-order valence-electron chi connectivity index (χ0n) is 9.86. The molecule has 0 spiro atoms. The van der Waals surface area contributed by atoms with Gasteiger partial charge in [-0.2, -0.15) is 0 Å². The summed E-state index contributed by atoms with van der Waals surface area (Å²) in [6.45, 7) is 3.74. The molecule has 2 nitrogen and oxygen atoms in total. The Bertz CT molecular complexity index is 386. The zero-order chi connectivity index (χ0) is 12.0. The maximum Gasteiger partial charge on any atom is 0.186 e. The minimum atomic E-state index is -1.25. The lowest BCUT2D eigenvalue weighted by Gasteiger charge is -2.49. The van der Waals surface area contributed by atoms with Crippen LogP contribution in [0.3, 0.4) is 0 Å². The van der Waals surface area contributed by atoms with Crippen molar-refractivity contribution in [3.8, 4) is 12.3 Å². The molecule has 0 heterocycles. The van der Waals surface area contributed by atoms with Gasteiger partial charge in [-0.25, -0.2) is 0 Å². The van der Waals surface area contributed by atoms with Gasteiger partial charge in [0.15, 0.2) is 5.78 Å². The molecule has 2 rings (SSSR count). The van der Waals surface area contributed by atoms with Crippen LogP contribution in [0, 0.1) is 29.6 Å². The van der Waals surface area contributed by atoms with Crippen LogP contribution in [0.1, 0.15) is 33.1 Å². The summed E-state index contributed by atoms with van der Waals surface area (Å²) in [7, 11) is 0. The highest BCUT2D eigenvalue weighted by Gasteiger charge is 2.52. The molecule has 2 heteroatoms. The third-order valence-corrected chi connectivity index (χ3v) is 4.38. The van der Waals surface area contributed by atoms with Gasteiger partial charge in [-0.1, -0.05) is 13.0 Å². The lowest BCUT2D eigenvalue weighted by molar-refractivity contribution is -0.146. The Kier molecular flexibility index (Phi) is 2.47. The number of hydrogen-bond acceptors (Lipinski definition) is 2. The van der Waals surface area contributed by atoms with Crippen molar-refractivity contribution in [1.82, 2.24) is 0 Å². The maximum absolute atomic E-state index is 11.7. The normalized spacial score (nSPS) is 47.2. The lowest BCUT2D eigenvalue weighted by Crippen LogP contribution is -2.54. The first-order chi connectivity index (χ1) is 7.40. The number of ketones is 1. The average molecular weight is 218 g/mol. The van der Waals surface area contributed by atoms with Gasteiger partial charge in [0.2, 0.25) is 0 Å². The van der Waals surface area contributed by atoms with E-state index in [-0.39, 0.29) is 23.0 Å². The fourth-order valence-corrected chi connectivity index (χ4v) is 3.16. The summed E-state index contributed by atoms with van der Waals surface area (Å²) in [5, 5.41) is 10.3. The number of allylic oxidation sites excluding steroid dienone is 1. The highest BCUT2D eigenvalue weighted by molar-refractivity contribution is 5.98. The van der Waals surface area contributed by atoms with Crippen LogP contribution < -0.4 is 0 Å². The Labute approximate surface area is 96.7 Å². The van der Waals surface area contributed by atoms with Crippen molar-refractivity contribution in [2.45, 2.75) is 38.7 Å². The SMILES string of the molecule is C#CC1CCC2(C)C=CC(=O)C(C)(O)C2C1. The standard InChI is InChI=1S/C14H18O2/c1-4-10-5-7-13(2)8-6-12(15)14(3,16)11(13)9-10/h1,6,8,10-11,16H,5,7,9H2,2-3H3. The molecular formula is C14H18O2. The summed E-state index contributed by atoms with van der Waals surface area (Å²) in [5.74, 6) is 2.72. The molecule has 0 radical (unpaired) electrons. The summed E-state index contributed by atoms with van der Waals surface area (Å²) in [6, 6.07) is 0. The van der Waals surface area contributed by atoms with E-state index < -0.39 is 5.60 Å². The van der Waals surface area contributed by atoms with Gasteiger partial charge in [-0.15, -0.1) is 12.3 Å². The van der Waals surface area contributed by atoms with Gasteiger partial charge in [0.1, 0.15) is 5.60 Å². The first-order valence-electron chi connectivity index (χ1n) is 5.82. The quantitative estimate of drug-likeness (QED) is 0.631. The van der Waals surface area contributed by atoms with Gasteiger partial charge in [0.05, 0.1) is 0 Å². The molecule has 1 fully saturated rings. The second kappa shape index (κ2) is 3.46. The molecule has 2 aliphatic carbocycles. The minimum Gasteiger partial charge on any atom is -0.382 e. The molecule has 0 saturated heterocycles. The number of terminal acetylenes is 1. The van der Waals surface area contributed by atoms with Gasteiger partial charge in [0.25, 0.3) is 0 Å². The summed E-state index contributed by atoms with van der Waals surface area (Å²) < 4.78 is 0. The van der Waals surface area contributed by atoms with E-state index in [9.17, 15) is 9.90 Å².